The number of hydrogen-bond donors (Lipinski definition) is 0. The lowest BCUT2D eigenvalue weighted by Crippen LogP contribution is -1.90. The maximum absolute atomic E-state index is 13.5. The van der Waals surface area contributed by atoms with Gasteiger partial charge < -0.3 is 0 Å². The molecule has 0 saturated carbocycles. The van der Waals surface area contributed by atoms with E-state index in [1.54, 1.807) is 12.1 Å². The number of benzene rings is 2. The highest BCUT2D eigenvalue weighted by atomic mass is 19.2. The van der Waals surface area contributed by atoms with E-state index in [1.165, 1.54) is 6.07 Å². The van der Waals surface area contributed by atoms with Gasteiger partial charge in [-0.15, -0.1) is 0 Å². The molecule has 76 valence electrons. The first-order chi connectivity index (χ1) is 7.20. The molecule has 0 amide bonds. The van der Waals surface area contributed by atoms with Crippen molar-refractivity contribution < 1.29 is 8.78 Å². The summed E-state index contributed by atoms with van der Waals surface area (Å²) in [6, 6.07) is 11.6. The van der Waals surface area contributed by atoms with Crippen LogP contribution in [0, 0.1) is 18.6 Å². The fourth-order valence-electron chi connectivity index (χ4n) is 1.59. The van der Waals surface area contributed by atoms with Crippen molar-refractivity contribution in [2.24, 2.45) is 0 Å². The van der Waals surface area contributed by atoms with Crippen molar-refractivity contribution >= 4 is 0 Å². The van der Waals surface area contributed by atoms with Gasteiger partial charge in [-0.1, -0.05) is 36.4 Å². The summed E-state index contributed by atoms with van der Waals surface area (Å²) in [5.74, 6) is -1.59. The molecule has 0 N–H and O–H groups in total. The van der Waals surface area contributed by atoms with Crippen molar-refractivity contribution in [1.82, 2.24) is 0 Å². The van der Waals surface area contributed by atoms with Crippen molar-refractivity contribution in [1.29, 1.82) is 0 Å². The zero-order chi connectivity index (χ0) is 10.8. The van der Waals surface area contributed by atoms with Crippen LogP contribution in [-0.4, -0.2) is 0 Å². The fraction of sp³-hybridized carbons (Fsp3) is 0.0769. The second kappa shape index (κ2) is 3.81. The van der Waals surface area contributed by atoms with Gasteiger partial charge >= 0.3 is 0 Å². The Morgan fingerprint density at radius 1 is 0.800 bits per heavy atom. The first-order valence-electron chi connectivity index (χ1n) is 4.70. The predicted octanol–water partition coefficient (Wildman–Crippen LogP) is 3.94. The molecule has 0 fully saturated rings. The molecule has 0 bridgehead atoms. The molecule has 0 atom stereocenters. The predicted molar refractivity (Wildman–Crippen MR) is 56.5 cm³/mol. The molecular weight excluding hydrogens is 194 g/mol. The van der Waals surface area contributed by atoms with Crippen LogP contribution in [-0.2, 0) is 0 Å². The van der Waals surface area contributed by atoms with Crippen LogP contribution in [0.5, 0.6) is 0 Å². The second-order valence-corrected chi connectivity index (χ2v) is 3.42. The van der Waals surface area contributed by atoms with Gasteiger partial charge in [-0.05, 0) is 24.1 Å². The Morgan fingerprint density at radius 2 is 1.47 bits per heavy atom. The quantitative estimate of drug-likeness (QED) is 0.660. The number of halogens is 2. The molecule has 2 aromatic carbocycles. The van der Waals surface area contributed by atoms with Gasteiger partial charge in [0.1, 0.15) is 0 Å². The van der Waals surface area contributed by atoms with Crippen molar-refractivity contribution in [3.63, 3.8) is 0 Å². The molecule has 0 radical (unpaired) electrons. The number of hydrogen-bond acceptors (Lipinski definition) is 0. The molecule has 2 aromatic rings. The zero-order valence-electron chi connectivity index (χ0n) is 8.30. The van der Waals surface area contributed by atoms with E-state index in [4.69, 9.17) is 0 Å². The van der Waals surface area contributed by atoms with Gasteiger partial charge in [-0.2, -0.15) is 0 Å². The number of aryl methyl sites for hydroxylation is 1. The standard InChI is InChI=1S/C13H10F2/c1-9-5-2-3-6-10(9)11-7-4-8-12(14)13(11)15/h2-8H,1H3. The molecular formula is C13H10F2. The van der Waals surface area contributed by atoms with Gasteiger partial charge in [0.05, 0.1) is 0 Å². The molecule has 0 saturated heterocycles. The van der Waals surface area contributed by atoms with E-state index in [2.05, 4.69) is 0 Å². The van der Waals surface area contributed by atoms with E-state index in [-0.39, 0.29) is 0 Å². The van der Waals surface area contributed by atoms with E-state index in [0.717, 1.165) is 17.2 Å². The van der Waals surface area contributed by atoms with Crippen LogP contribution in [0.3, 0.4) is 0 Å². The summed E-state index contributed by atoms with van der Waals surface area (Å²) in [7, 11) is 0. The summed E-state index contributed by atoms with van der Waals surface area (Å²) in [4.78, 5) is 0. The normalized spacial score (nSPS) is 10.3. The molecule has 0 spiro atoms. The largest absolute Gasteiger partial charge is 0.204 e. The SMILES string of the molecule is Cc1ccccc1-c1cccc(F)c1F. The topological polar surface area (TPSA) is 0 Å². The molecule has 0 aromatic heterocycles. The Balaban J connectivity index is 2.65. The maximum Gasteiger partial charge on any atom is 0.166 e. The van der Waals surface area contributed by atoms with E-state index < -0.39 is 11.6 Å². The lowest BCUT2D eigenvalue weighted by Gasteiger charge is -2.06. The molecule has 2 rings (SSSR count). The minimum Gasteiger partial charge on any atom is -0.204 e. The van der Waals surface area contributed by atoms with Gasteiger partial charge in [0.15, 0.2) is 11.6 Å². The van der Waals surface area contributed by atoms with Gasteiger partial charge in [0.2, 0.25) is 0 Å². The minimum absolute atomic E-state index is 0.313. The van der Waals surface area contributed by atoms with E-state index in [9.17, 15) is 8.78 Å². The Hall–Kier alpha value is -1.70. The maximum atomic E-state index is 13.5. The summed E-state index contributed by atoms with van der Waals surface area (Å²) in [5, 5.41) is 0. The van der Waals surface area contributed by atoms with Crippen molar-refractivity contribution in [2.45, 2.75) is 6.92 Å². The summed E-state index contributed by atoms with van der Waals surface area (Å²) in [6.07, 6.45) is 0. The second-order valence-electron chi connectivity index (χ2n) is 3.42. The third kappa shape index (κ3) is 1.75. The molecule has 0 aliphatic heterocycles. The van der Waals surface area contributed by atoms with Crippen LogP contribution >= 0.6 is 0 Å². The molecule has 0 nitrogen and oxygen atoms in total. The summed E-state index contributed by atoms with van der Waals surface area (Å²) < 4.78 is 26.5. The Bertz CT molecular complexity index is 490. The smallest absolute Gasteiger partial charge is 0.166 e. The van der Waals surface area contributed by atoms with E-state index in [0.29, 0.717) is 5.56 Å². The Morgan fingerprint density at radius 3 is 2.20 bits per heavy atom. The average Bonchev–Trinajstić information content (AvgIpc) is 2.23. The Kier molecular flexibility index (Phi) is 2.50. The van der Waals surface area contributed by atoms with E-state index in [1.807, 2.05) is 25.1 Å². The van der Waals surface area contributed by atoms with Crippen LogP contribution < -0.4 is 0 Å². The van der Waals surface area contributed by atoms with Crippen LogP contribution in [0.2, 0.25) is 0 Å². The Labute approximate surface area is 87.2 Å². The van der Waals surface area contributed by atoms with Crippen LogP contribution in [0.25, 0.3) is 11.1 Å². The zero-order valence-corrected chi connectivity index (χ0v) is 8.30. The lowest BCUT2D eigenvalue weighted by molar-refractivity contribution is 0.511. The van der Waals surface area contributed by atoms with Crippen molar-refractivity contribution in [3.8, 4) is 11.1 Å². The third-order valence-electron chi connectivity index (χ3n) is 2.39. The first-order valence-corrected chi connectivity index (χ1v) is 4.70. The van der Waals surface area contributed by atoms with Gasteiger partial charge in [0.25, 0.3) is 0 Å². The van der Waals surface area contributed by atoms with Gasteiger partial charge in [-0.25, -0.2) is 8.78 Å². The highest BCUT2D eigenvalue weighted by molar-refractivity contribution is 5.67. The molecule has 15 heavy (non-hydrogen) atoms. The van der Waals surface area contributed by atoms with Crippen LogP contribution in [0.15, 0.2) is 42.5 Å². The third-order valence-corrected chi connectivity index (χ3v) is 2.39. The van der Waals surface area contributed by atoms with Crippen LogP contribution in [0.4, 0.5) is 8.78 Å². The molecule has 2 heteroatoms. The van der Waals surface area contributed by atoms with Crippen molar-refractivity contribution in [2.75, 3.05) is 0 Å². The van der Waals surface area contributed by atoms with Crippen LogP contribution in [0.1, 0.15) is 5.56 Å². The lowest BCUT2D eigenvalue weighted by atomic mass is 10.0. The van der Waals surface area contributed by atoms with Gasteiger partial charge in [0, 0.05) is 5.56 Å². The molecule has 0 aliphatic carbocycles. The molecule has 0 unspecified atom stereocenters. The molecule has 0 heterocycles. The summed E-state index contributed by atoms with van der Waals surface area (Å²) >= 11 is 0. The number of rotatable bonds is 1. The molecule has 0 aliphatic rings. The minimum atomic E-state index is -0.809. The monoisotopic (exact) mass is 204 g/mol. The average molecular weight is 204 g/mol. The van der Waals surface area contributed by atoms with E-state index >= 15 is 0 Å². The van der Waals surface area contributed by atoms with Crippen molar-refractivity contribution in [3.05, 3.63) is 59.7 Å². The highest BCUT2D eigenvalue weighted by Gasteiger charge is 2.10. The summed E-state index contributed by atoms with van der Waals surface area (Å²) in [6.45, 7) is 1.87. The first kappa shape index (κ1) is 9.84. The fourth-order valence-corrected chi connectivity index (χ4v) is 1.59. The summed E-state index contributed by atoms with van der Waals surface area (Å²) in [5.41, 5.74) is 1.98. The highest BCUT2D eigenvalue weighted by Crippen LogP contribution is 2.26. The van der Waals surface area contributed by atoms with Gasteiger partial charge in [-0.3, -0.25) is 0 Å².